The van der Waals surface area contributed by atoms with E-state index in [1.54, 1.807) is 18.5 Å². The average molecular weight is 656 g/mol. The van der Waals surface area contributed by atoms with Crippen LogP contribution in [-0.4, -0.2) is 59.3 Å². The summed E-state index contributed by atoms with van der Waals surface area (Å²) in [6.07, 6.45) is 6.44. The number of unbranched alkanes of at least 4 members (excludes halogenated alkanes) is 2. The molecule has 0 heterocycles. The molecule has 0 saturated heterocycles. The molecule has 0 spiro atoms. The van der Waals surface area contributed by atoms with Gasteiger partial charge in [-0.05, 0) is 90.8 Å². The smallest absolute Gasteiger partial charge is 0.341 e. The molecule has 0 aliphatic heterocycles. The normalized spacial score (nSPS) is 12.5. The summed E-state index contributed by atoms with van der Waals surface area (Å²) in [7, 11) is 3.37. The second kappa shape index (κ2) is 19.9. The van der Waals surface area contributed by atoms with E-state index in [0.29, 0.717) is 19.4 Å². The Kier molecular flexibility index (Phi) is 15.9. The summed E-state index contributed by atoms with van der Waals surface area (Å²) in [6.45, 7) is 0.671. The molecule has 3 aromatic rings. The van der Waals surface area contributed by atoms with Crippen molar-refractivity contribution in [2.45, 2.75) is 69.9 Å². The van der Waals surface area contributed by atoms with Crippen molar-refractivity contribution in [1.29, 1.82) is 0 Å². The molecule has 242 valence electrons. The Morgan fingerprint density at radius 3 is 1.87 bits per heavy atom. The van der Waals surface area contributed by atoms with Gasteiger partial charge in [-0.15, -0.1) is 0 Å². The monoisotopic (exact) mass is 654 g/mol. The number of likely N-dealkylation sites (N-methyl/N-ethyl adjacent to an activating group) is 1. The molecule has 2 N–H and O–H groups in total. The number of amides is 2. The molecule has 0 aliphatic rings. The fraction of sp³-hybridized carbons (Fsp3) is 0.400. The maximum Gasteiger partial charge on any atom is 0.354 e. The number of nitrogens with zero attached hydrogens (tertiary/aromatic N) is 2. The third-order valence-electron chi connectivity index (χ3n) is 7.49. The predicted molar refractivity (Wildman–Crippen MR) is 179 cm³/mol. The molecule has 0 aliphatic carbocycles. The van der Waals surface area contributed by atoms with Gasteiger partial charge in [0.25, 0.3) is 5.91 Å². The topological polar surface area (TPSA) is 91.0 Å². The van der Waals surface area contributed by atoms with Crippen LogP contribution in [0.3, 0.4) is 0 Å². The zero-order valence-corrected chi connectivity index (χ0v) is 27.6. The second-order valence-electron chi connectivity index (χ2n) is 11.2. The number of carbonyl (C=O) groups is 3. The van der Waals surface area contributed by atoms with Crippen LogP contribution in [0.1, 0.15) is 54.4 Å². The van der Waals surface area contributed by atoms with Crippen LogP contribution in [-0.2, 0) is 44.9 Å². The molecule has 0 fully saturated rings. The van der Waals surface area contributed by atoms with Crippen LogP contribution in [0.4, 0.5) is 0 Å². The van der Waals surface area contributed by atoms with E-state index in [1.165, 1.54) is 15.5 Å². The summed E-state index contributed by atoms with van der Waals surface area (Å²) in [6, 6.07) is 25.9. The molecule has 0 saturated carbocycles. The maximum absolute atomic E-state index is 13.2. The summed E-state index contributed by atoms with van der Waals surface area (Å²) < 4.78 is 2.87. The first-order valence-corrected chi connectivity index (χ1v) is 16.1. The lowest BCUT2D eigenvalue weighted by molar-refractivity contribution is -0.161. The highest BCUT2D eigenvalue weighted by molar-refractivity contribution is 6.14. The SMILES string of the molecule is CN(Cl)CCCC[C@@H](C(=O)N[C@@H](Cc1ccccc1)C(=O)ONC(=O)Cc1ccc(CCCCc2ccccc2)cc1)N(C)Cl. The van der Waals surface area contributed by atoms with E-state index in [9.17, 15) is 14.4 Å². The number of benzene rings is 3. The quantitative estimate of drug-likeness (QED) is 0.102. The lowest BCUT2D eigenvalue weighted by Gasteiger charge is -2.24. The number of aryl methyl sites for hydroxylation is 2. The van der Waals surface area contributed by atoms with E-state index in [4.69, 9.17) is 28.4 Å². The average Bonchev–Trinajstić information content (AvgIpc) is 3.03. The van der Waals surface area contributed by atoms with Crippen LogP contribution in [0.2, 0.25) is 0 Å². The highest BCUT2D eigenvalue weighted by Gasteiger charge is 2.29. The standard InChI is InChI=1S/C35H44Cl2N4O4/c1-40(36)24-12-11-19-32(41(2)37)34(43)38-31(25-29-17-7-4-8-18-29)35(44)45-39-33(42)26-30-22-20-28(21-23-30)16-10-9-15-27-13-5-3-6-14-27/h3-8,13-14,17-18,20-23,31-32H,9-12,15-16,19,24-26H2,1-2H3,(H,38,43)(H,39,42)/t31-,32-/m0/s1. The molecule has 2 atom stereocenters. The summed E-state index contributed by atoms with van der Waals surface area (Å²) in [5, 5.41) is 2.78. The fourth-order valence-corrected chi connectivity index (χ4v) is 5.28. The van der Waals surface area contributed by atoms with Gasteiger partial charge in [-0.1, -0.05) is 84.9 Å². The molecule has 2 amide bonds. The molecule has 0 bridgehead atoms. The Labute approximate surface area is 277 Å². The van der Waals surface area contributed by atoms with E-state index >= 15 is 0 Å². The van der Waals surface area contributed by atoms with Crippen molar-refractivity contribution >= 4 is 41.3 Å². The van der Waals surface area contributed by atoms with Crippen LogP contribution in [0.5, 0.6) is 0 Å². The number of hydrogen-bond donors (Lipinski definition) is 2. The fourth-order valence-electron chi connectivity index (χ4n) is 4.98. The van der Waals surface area contributed by atoms with Gasteiger partial charge in [0.05, 0.1) is 6.42 Å². The minimum absolute atomic E-state index is 0.0495. The predicted octanol–water partition coefficient (Wildman–Crippen LogP) is 5.81. The van der Waals surface area contributed by atoms with Crippen molar-refractivity contribution in [2.24, 2.45) is 0 Å². The van der Waals surface area contributed by atoms with Gasteiger partial charge in [-0.3, -0.25) is 9.59 Å². The van der Waals surface area contributed by atoms with Gasteiger partial charge >= 0.3 is 5.97 Å². The Hall–Kier alpha value is -3.43. The van der Waals surface area contributed by atoms with E-state index in [0.717, 1.165) is 43.2 Å². The van der Waals surface area contributed by atoms with Gasteiger partial charge in [-0.25, -0.2) is 13.6 Å². The Balaban J connectivity index is 1.50. The maximum atomic E-state index is 13.2. The first-order valence-electron chi connectivity index (χ1n) is 15.4. The van der Waals surface area contributed by atoms with Crippen molar-refractivity contribution < 1.29 is 19.2 Å². The number of hydroxylamine groups is 1. The highest BCUT2D eigenvalue weighted by Crippen LogP contribution is 2.14. The summed E-state index contributed by atoms with van der Waals surface area (Å²) in [5.74, 6) is -1.64. The third kappa shape index (κ3) is 14.0. The zero-order chi connectivity index (χ0) is 32.4. The molecular weight excluding hydrogens is 611 g/mol. The largest absolute Gasteiger partial charge is 0.354 e. The Morgan fingerprint density at radius 1 is 0.733 bits per heavy atom. The molecule has 3 rings (SSSR count). The van der Waals surface area contributed by atoms with Crippen LogP contribution in [0.25, 0.3) is 0 Å². The molecular formula is C35H44Cl2N4O4. The van der Waals surface area contributed by atoms with Crippen LogP contribution in [0.15, 0.2) is 84.9 Å². The molecule has 8 nitrogen and oxygen atoms in total. The van der Waals surface area contributed by atoms with E-state index in [-0.39, 0.29) is 12.8 Å². The van der Waals surface area contributed by atoms with Crippen molar-refractivity contribution in [2.75, 3.05) is 20.6 Å². The Bertz CT molecular complexity index is 1310. The molecule has 3 aromatic carbocycles. The lowest BCUT2D eigenvalue weighted by atomic mass is 10.0. The number of carbonyl (C=O) groups excluding carboxylic acids is 3. The number of rotatable bonds is 18. The van der Waals surface area contributed by atoms with Gasteiger partial charge in [-0.2, -0.15) is 5.48 Å². The number of nitrogens with one attached hydrogen (secondary N) is 2. The molecule has 0 aromatic heterocycles. The van der Waals surface area contributed by atoms with Crippen molar-refractivity contribution in [3.05, 3.63) is 107 Å². The molecule has 0 unspecified atom stereocenters. The molecule has 10 heteroatoms. The van der Waals surface area contributed by atoms with E-state index in [1.807, 2.05) is 60.7 Å². The zero-order valence-electron chi connectivity index (χ0n) is 26.1. The molecule has 0 radical (unpaired) electrons. The minimum Gasteiger partial charge on any atom is -0.341 e. The van der Waals surface area contributed by atoms with E-state index in [2.05, 4.69) is 35.1 Å². The van der Waals surface area contributed by atoms with Crippen molar-refractivity contribution in [3.8, 4) is 0 Å². The van der Waals surface area contributed by atoms with Crippen molar-refractivity contribution in [1.82, 2.24) is 19.6 Å². The van der Waals surface area contributed by atoms with Crippen molar-refractivity contribution in [3.63, 3.8) is 0 Å². The van der Waals surface area contributed by atoms with Crippen LogP contribution >= 0.6 is 23.6 Å². The second-order valence-corrected chi connectivity index (χ2v) is 12.4. The first-order chi connectivity index (χ1) is 21.7. The number of hydrogen-bond acceptors (Lipinski definition) is 6. The minimum atomic E-state index is -1.03. The van der Waals surface area contributed by atoms with Gasteiger partial charge in [0.1, 0.15) is 12.1 Å². The Morgan fingerprint density at radius 2 is 1.29 bits per heavy atom. The third-order valence-corrected chi connectivity index (χ3v) is 7.89. The number of halogens is 2. The van der Waals surface area contributed by atoms with E-state index < -0.39 is 29.9 Å². The summed E-state index contributed by atoms with van der Waals surface area (Å²) in [5.41, 5.74) is 6.45. The highest BCUT2D eigenvalue weighted by atomic mass is 35.5. The van der Waals surface area contributed by atoms with Gasteiger partial charge in [0, 0.05) is 27.1 Å². The summed E-state index contributed by atoms with van der Waals surface area (Å²) in [4.78, 5) is 44.1. The van der Waals surface area contributed by atoms with Crippen LogP contribution < -0.4 is 10.8 Å². The summed E-state index contributed by atoms with van der Waals surface area (Å²) >= 11 is 12.1. The first kappa shape index (κ1) is 36.0. The molecule has 45 heavy (non-hydrogen) atoms. The lowest BCUT2D eigenvalue weighted by Crippen LogP contribution is -2.51. The van der Waals surface area contributed by atoms with Gasteiger partial charge in [0.2, 0.25) is 5.91 Å². The van der Waals surface area contributed by atoms with Gasteiger partial charge < -0.3 is 10.2 Å². The van der Waals surface area contributed by atoms with Crippen LogP contribution in [0, 0.1) is 0 Å². The van der Waals surface area contributed by atoms with Gasteiger partial charge in [0.15, 0.2) is 0 Å².